The summed E-state index contributed by atoms with van der Waals surface area (Å²) in [6.45, 7) is 24.4. The van der Waals surface area contributed by atoms with Crippen LogP contribution in [0, 0.1) is 0 Å². The molecule has 46 heavy (non-hydrogen) atoms. The SMILES string of the molecule is Brc1cccc2n[se]nc12.CC1(C)OB(B2OC(C)(C)C(C)(C)O2)OC1(C)C.CC1(C)OB(c2cccc3n[se]nc23)OC1(C)C. The molecule has 246 valence electrons. The maximum atomic E-state index is 6.06. The summed E-state index contributed by atoms with van der Waals surface area (Å²) >= 11 is 3.47. The number of fused-ring (bicyclic) bond motifs is 2. The first kappa shape index (κ1) is 36.4. The molecule has 0 spiro atoms. The van der Waals surface area contributed by atoms with Gasteiger partial charge in [-0.05, 0) is 55.4 Å². The van der Waals surface area contributed by atoms with Gasteiger partial charge in [0.2, 0.25) is 0 Å². The fraction of sp³-hybridized carbons (Fsp3) is 0.600. The average molecular weight is 825 g/mol. The van der Waals surface area contributed by atoms with Crippen LogP contribution < -0.4 is 5.46 Å². The molecular weight excluding hydrogens is 783 g/mol. The van der Waals surface area contributed by atoms with Gasteiger partial charge in [0.15, 0.2) is 0 Å². The quantitative estimate of drug-likeness (QED) is 0.265. The molecule has 0 aliphatic carbocycles. The Hall–Kier alpha value is -0.886. The fourth-order valence-electron chi connectivity index (χ4n) is 4.76. The van der Waals surface area contributed by atoms with E-state index in [1.54, 1.807) is 0 Å². The Balaban J connectivity index is 0.000000142. The van der Waals surface area contributed by atoms with E-state index in [4.69, 9.17) is 27.9 Å². The molecular formula is C30H42B3BrN4O6Se2. The second kappa shape index (κ2) is 12.8. The number of halogens is 1. The molecule has 0 unspecified atom stereocenters. The molecule has 2 aromatic heterocycles. The van der Waals surface area contributed by atoms with Crippen molar-refractivity contribution in [2.24, 2.45) is 0 Å². The van der Waals surface area contributed by atoms with Gasteiger partial charge < -0.3 is 18.6 Å². The molecule has 5 heterocycles. The number of hydrogen-bond donors (Lipinski definition) is 0. The standard InChI is InChI=1S/C12H24B2O4.C12H15BN2O2Se.C6H3BrN2Se/c1-9(2)10(3,4)16-13(15-9)14-17-11(5,6)12(7,8)18-14;1-11(2)12(3,4)17-13(16-11)8-6-5-7-9-10(8)15-18-14-9;7-4-2-1-3-5-6(4)9-10-8-5/h1-8H3;5-7H,1-4H3;1-3H. The Bertz CT molecular complexity index is 1620. The number of benzene rings is 2. The zero-order chi connectivity index (χ0) is 33.9. The van der Waals surface area contributed by atoms with Gasteiger partial charge in [-0.1, -0.05) is 0 Å². The Morgan fingerprint density at radius 1 is 0.500 bits per heavy atom. The zero-order valence-corrected chi connectivity index (χ0v) is 33.6. The van der Waals surface area contributed by atoms with E-state index >= 15 is 0 Å². The van der Waals surface area contributed by atoms with Gasteiger partial charge in [0.25, 0.3) is 0 Å². The summed E-state index contributed by atoms with van der Waals surface area (Å²) in [7, 11) is -1.30. The maximum absolute atomic E-state index is 6.06. The summed E-state index contributed by atoms with van der Waals surface area (Å²) in [4.78, 5) is 0. The summed E-state index contributed by atoms with van der Waals surface area (Å²) in [5.74, 6) is 0. The second-order valence-corrected chi connectivity index (χ2v) is 17.8. The van der Waals surface area contributed by atoms with Crippen molar-refractivity contribution < 1.29 is 27.9 Å². The van der Waals surface area contributed by atoms with Crippen LogP contribution in [0.5, 0.6) is 0 Å². The van der Waals surface area contributed by atoms with E-state index in [9.17, 15) is 0 Å². The van der Waals surface area contributed by atoms with E-state index in [1.165, 1.54) is 0 Å². The molecule has 0 radical (unpaired) electrons. The zero-order valence-electron chi connectivity index (χ0n) is 28.6. The van der Waals surface area contributed by atoms with Crippen molar-refractivity contribution in [3.8, 4) is 0 Å². The molecule has 3 fully saturated rings. The monoisotopic (exact) mass is 826 g/mol. The predicted octanol–water partition coefficient (Wildman–Crippen LogP) is 4.68. The Kier molecular flexibility index (Phi) is 10.1. The molecule has 0 atom stereocenters. The van der Waals surface area contributed by atoms with Crippen molar-refractivity contribution in [3.05, 3.63) is 40.9 Å². The topological polar surface area (TPSA) is 107 Å². The van der Waals surface area contributed by atoms with Crippen molar-refractivity contribution in [2.75, 3.05) is 0 Å². The molecule has 0 amide bonds. The third-order valence-corrected chi connectivity index (χ3v) is 12.7. The van der Waals surface area contributed by atoms with Crippen molar-refractivity contribution in [2.45, 2.75) is 117 Å². The normalized spacial score (nSPS) is 23.3. The van der Waals surface area contributed by atoms with Gasteiger partial charge in [-0.2, -0.15) is 0 Å². The molecule has 10 nitrogen and oxygen atoms in total. The summed E-state index contributed by atoms with van der Waals surface area (Å²) in [5.41, 5.74) is 2.86. The van der Waals surface area contributed by atoms with Gasteiger partial charge >= 0.3 is 200 Å². The molecule has 3 aliphatic rings. The van der Waals surface area contributed by atoms with Crippen molar-refractivity contribution in [1.29, 1.82) is 0 Å². The number of hydrogen-bond acceptors (Lipinski definition) is 10. The number of aromatic nitrogens is 4. The third-order valence-electron chi connectivity index (χ3n) is 9.83. The van der Waals surface area contributed by atoms with Crippen LogP contribution in [0.1, 0.15) is 83.1 Å². The molecule has 3 aliphatic heterocycles. The minimum atomic E-state index is -0.476. The van der Waals surface area contributed by atoms with Crippen LogP contribution in [0.3, 0.4) is 0 Å². The van der Waals surface area contributed by atoms with Crippen LogP contribution in [0.15, 0.2) is 40.9 Å². The molecule has 16 heteroatoms. The van der Waals surface area contributed by atoms with Crippen LogP contribution >= 0.6 is 15.9 Å². The minimum absolute atomic E-state index is 0.0257. The molecule has 4 aromatic rings. The molecule has 2 aromatic carbocycles. The van der Waals surface area contributed by atoms with Crippen molar-refractivity contribution in [1.82, 2.24) is 15.9 Å². The van der Waals surface area contributed by atoms with Crippen LogP contribution in [0.4, 0.5) is 0 Å². The predicted molar refractivity (Wildman–Crippen MR) is 189 cm³/mol. The van der Waals surface area contributed by atoms with Gasteiger partial charge in [0, 0.05) is 0 Å². The molecule has 3 saturated heterocycles. The average Bonchev–Trinajstić information content (AvgIpc) is 3.72. The molecule has 0 saturated carbocycles. The van der Waals surface area contributed by atoms with Crippen LogP contribution in [-0.4, -0.2) is 101 Å². The summed E-state index contributed by atoms with van der Waals surface area (Å²) in [6, 6.07) is 11.9. The first-order chi connectivity index (χ1) is 21.2. The summed E-state index contributed by atoms with van der Waals surface area (Å²) < 4.78 is 54.4. The number of rotatable bonds is 2. The van der Waals surface area contributed by atoms with Gasteiger partial charge in [0.05, 0.1) is 22.4 Å². The molecule has 0 N–H and O–H groups in total. The molecule has 7 rings (SSSR count). The van der Waals surface area contributed by atoms with E-state index in [1.807, 2.05) is 91.8 Å². The Labute approximate surface area is 294 Å². The first-order valence-electron chi connectivity index (χ1n) is 15.3. The number of nitrogens with zero attached hydrogens (tertiary/aromatic N) is 4. The summed E-state index contributed by atoms with van der Waals surface area (Å²) in [5, 5.41) is 0. The van der Waals surface area contributed by atoms with Crippen molar-refractivity contribution >= 4 is 94.5 Å². The van der Waals surface area contributed by atoms with E-state index in [-0.39, 0.29) is 70.6 Å². The van der Waals surface area contributed by atoms with Crippen molar-refractivity contribution in [3.63, 3.8) is 0 Å². The van der Waals surface area contributed by atoms with Crippen LogP contribution in [0.2, 0.25) is 0 Å². The van der Waals surface area contributed by atoms with Crippen LogP contribution in [0.25, 0.3) is 22.1 Å². The van der Waals surface area contributed by atoms with Gasteiger partial charge in [0.1, 0.15) is 0 Å². The van der Waals surface area contributed by atoms with Crippen LogP contribution in [-0.2, 0) is 27.9 Å². The van der Waals surface area contributed by atoms with Gasteiger partial charge in [-0.15, -0.1) is 0 Å². The first-order valence-corrected chi connectivity index (χ1v) is 19.2. The Morgan fingerprint density at radius 2 is 0.870 bits per heavy atom. The molecule has 0 bridgehead atoms. The fourth-order valence-corrected chi connectivity index (χ4v) is 7.79. The van der Waals surface area contributed by atoms with E-state index in [2.05, 4.69) is 59.5 Å². The van der Waals surface area contributed by atoms with E-state index in [0.29, 0.717) is 0 Å². The van der Waals surface area contributed by atoms with E-state index in [0.717, 1.165) is 32.0 Å². The van der Waals surface area contributed by atoms with E-state index < -0.39 is 14.0 Å². The third kappa shape index (κ3) is 7.05. The van der Waals surface area contributed by atoms with Gasteiger partial charge in [-0.25, -0.2) is 0 Å². The second-order valence-electron chi connectivity index (χ2n) is 14.7. The summed E-state index contributed by atoms with van der Waals surface area (Å²) in [6.07, 6.45) is 0. The van der Waals surface area contributed by atoms with Gasteiger partial charge in [-0.3, -0.25) is 0 Å². The Morgan fingerprint density at radius 3 is 1.30 bits per heavy atom.